The van der Waals surface area contributed by atoms with E-state index in [4.69, 9.17) is 0 Å². The van der Waals surface area contributed by atoms with Crippen LogP contribution in [0.15, 0.2) is 29.2 Å². The van der Waals surface area contributed by atoms with Crippen LogP contribution >= 0.6 is 11.8 Å². The molecule has 0 heterocycles. The highest BCUT2D eigenvalue weighted by molar-refractivity contribution is 7.99. The third-order valence-electron chi connectivity index (χ3n) is 4.27. The third-order valence-corrected chi connectivity index (χ3v) is 5.30. The molecule has 0 spiro atoms. The minimum atomic E-state index is -0.102. The van der Waals surface area contributed by atoms with Gasteiger partial charge in [0.2, 0.25) is 0 Å². The van der Waals surface area contributed by atoms with Crippen LogP contribution in [0.1, 0.15) is 25.7 Å². The van der Waals surface area contributed by atoms with Gasteiger partial charge in [-0.15, -0.1) is 11.8 Å². The van der Waals surface area contributed by atoms with Crippen molar-refractivity contribution in [2.75, 3.05) is 26.4 Å². The fourth-order valence-corrected chi connectivity index (χ4v) is 3.83. The van der Waals surface area contributed by atoms with E-state index < -0.39 is 0 Å². The van der Waals surface area contributed by atoms with Gasteiger partial charge in [0.05, 0.1) is 0 Å². The third kappa shape index (κ3) is 4.47. The highest BCUT2D eigenvalue weighted by Gasteiger charge is 2.22. The van der Waals surface area contributed by atoms with Gasteiger partial charge < -0.3 is 10.2 Å². The van der Waals surface area contributed by atoms with E-state index in [-0.39, 0.29) is 5.82 Å². The summed E-state index contributed by atoms with van der Waals surface area (Å²) in [5, 5.41) is 3.37. The summed E-state index contributed by atoms with van der Waals surface area (Å²) in [6, 6.07) is 8.43. The topological polar surface area (TPSA) is 15.3 Å². The molecule has 1 fully saturated rings. The summed E-state index contributed by atoms with van der Waals surface area (Å²) in [7, 11) is 4.26. The first-order valence-corrected chi connectivity index (χ1v) is 8.44. The van der Waals surface area contributed by atoms with E-state index in [1.165, 1.54) is 31.7 Å². The largest absolute Gasteiger partial charge is 0.317 e. The van der Waals surface area contributed by atoms with Crippen LogP contribution in [0.2, 0.25) is 0 Å². The van der Waals surface area contributed by atoms with Gasteiger partial charge in [0.15, 0.2) is 0 Å². The van der Waals surface area contributed by atoms with E-state index in [1.54, 1.807) is 17.8 Å². The summed E-state index contributed by atoms with van der Waals surface area (Å²) in [6.45, 7) is 1.02. The molecule has 0 radical (unpaired) electrons. The molecule has 2 rings (SSSR count). The maximum atomic E-state index is 13.5. The molecular formula is C16H25FN2S. The van der Waals surface area contributed by atoms with Crippen molar-refractivity contribution in [1.29, 1.82) is 0 Å². The number of thioether (sulfide) groups is 1. The van der Waals surface area contributed by atoms with Gasteiger partial charge in [0.25, 0.3) is 0 Å². The van der Waals surface area contributed by atoms with Crippen LogP contribution in [0.25, 0.3) is 0 Å². The Kier molecular flexibility index (Phi) is 6.33. The Bertz CT molecular complexity index is 405. The molecule has 1 aromatic rings. The molecule has 1 N–H and O–H groups in total. The van der Waals surface area contributed by atoms with Gasteiger partial charge >= 0.3 is 0 Å². The van der Waals surface area contributed by atoms with E-state index in [0.29, 0.717) is 12.1 Å². The van der Waals surface area contributed by atoms with Crippen LogP contribution in [0.3, 0.4) is 0 Å². The van der Waals surface area contributed by atoms with Crippen molar-refractivity contribution in [2.24, 2.45) is 0 Å². The van der Waals surface area contributed by atoms with Crippen molar-refractivity contribution in [2.45, 2.75) is 42.7 Å². The first-order valence-electron chi connectivity index (χ1n) is 7.45. The molecule has 1 aliphatic carbocycles. The molecule has 1 aromatic carbocycles. The SMILES string of the molecule is CNC1CCC(N(C)CCSc2ccccc2F)CC1. The summed E-state index contributed by atoms with van der Waals surface area (Å²) >= 11 is 1.62. The van der Waals surface area contributed by atoms with Crippen molar-refractivity contribution in [3.8, 4) is 0 Å². The van der Waals surface area contributed by atoms with Gasteiger partial charge in [-0.25, -0.2) is 4.39 Å². The first-order chi connectivity index (χ1) is 9.70. The Hall–Kier alpha value is -0.580. The second-order valence-corrected chi connectivity index (χ2v) is 6.69. The van der Waals surface area contributed by atoms with Gasteiger partial charge in [-0.1, -0.05) is 12.1 Å². The van der Waals surface area contributed by atoms with Crippen molar-refractivity contribution in [3.05, 3.63) is 30.1 Å². The quantitative estimate of drug-likeness (QED) is 0.810. The molecule has 4 heteroatoms. The predicted octanol–water partition coefficient (Wildman–Crippen LogP) is 3.38. The predicted molar refractivity (Wildman–Crippen MR) is 84.9 cm³/mol. The number of rotatable bonds is 6. The van der Waals surface area contributed by atoms with E-state index in [2.05, 4.69) is 24.3 Å². The number of benzene rings is 1. The summed E-state index contributed by atoms with van der Waals surface area (Å²) < 4.78 is 13.5. The highest BCUT2D eigenvalue weighted by atomic mass is 32.2. The number of nitrogens with zero attached hydrogens (tertiary/aromatic N) is 1. The monoisotopic (exact) mass is 296 g/mol. The smallest absolute Gasteiger partial charge is 0.136 e. The molecule has 1 saturated carbocycles. The van der Waals surface area contributed by atoms with Crippen LogP contribution in [0.4, 0.5) is 4.39 Å². The molecular weight excluding hydrogens is 271 g/mol. The molecule has 0 bridgehead atoms. The summed E-state index contributed by atoms with van der Waals surface area (Å²) in [5.74, 6) is 0.846. The van der Waals surface area contributed by atoms with Crippen LogP contribution in [-0.2, 0) is 0 Å². The van der Waals surface area contributed by atoms with Crippen molar-refractivity contribution < 1.29 is 4.39 Å². The zero-order valence-electron chi connectivity index (χ0n) is 12.4. The summed E-state index contributed by atoms with van der Waals surface area (Å²) in [4.78, 5) is 3.21. The zero-order valence-corrected chi connectivity index (χ0v) is 13.3. The van der Waals surface area contributed by atoms with E-state index in [0.717, 1.165) is 17.2 Å². The van der Waals surface area contributed by atoms with Crippen molar-refractivity contribution in [3.63, 3.8) is 0 Å². The van der Waals surface area contributed by atoms with Gasteiger partial charge in [0.1, 0.15) is 5.82 Å². The number of halogens is 1. The van der Waals surface area contributed by atoms with E-state index in [1.807, 2.05) is 12.1 Å². The average molecular weight is 296 g/mol. The van der Waals surface area contributed by atoms with Crippen LogP contribution in [0, 0.1) is 5.82 Å². The zero-order chi connectivity index (χ0) is 14.4. The molecule has 2 nitrogen and oxygen atoms in total. The molecule has 0 unspecified atom stereocenters. The standard InChI is InChI=1S/C16H25FN2S/c1-18-13-7-9-14(10-8-13)19(2)11-12-20-16-6-4-3-5-15(16)17/h3-6,13-14,18H,7-12H2,1-2H3. The molecule has 0 saturated heterocycles. The Morgan fingerprint density at radius 1 is 1.25 bits per heavy atom. The summed E-state index contributed by atoms with van der Waals surface area (Å²) in [6.07, 6.45) is 5.08. The fraction of sp³-hybridized carbons (Fsp3) is 0.625. The van der Waals surface area contributed by atoms with Gasteiger partial charge in [0, 0.05) is 29.3 Å². The minimum Gasteiger partial charge on any atom is -0.317 e. The maximum Gasteiger partial charge on any atom is 0.136 e. The minimum absolute atomic E-state index is 0.102. The number of hydrogen-bond acceptors (Lipinski definition) is 3. The Labute approximate surface area is 126 Å². The Morgan fingerprint density at radius 3 is 2.60 bits per heavy atom. The lowest BCUT2D eigenvalue weighted by Crippen LogP contribution is -2.40. The van der Waals surface area contributed by atoms with Crippen molar-refractivity contribution in [1.82, 2.24) is 10.2 Å². The number of hydrogen-bond donors (Lipinski definition) is 1. The maximum absolute atomic E-state index is 13.5. The average Bonchev–Trinajstić information content (AvgIpc) is 2.49. The van der Waals surface area contributed by atoms with Crippen LogP contribution in [-0.4, -0.2) is 43.4 Å². The van der Waals surface area contributed by atoms with Crippen LogP contribution in [0.5, 0.6) is 0 Å². The Balaban J connectivity index is 1.70. The second kappa shape index (κ2) is 8.01. The first kappa shape index (κ1) is 15.8. The molecule has 112 valence electrons. The van der Waals surface area contributed by atoms with Crippen molar-refractivity contribution >= 4 is 11.8 Å². The lowest BCUT2D eigenvalue weighted by atomic mass is 9.90. The lowest BCUT2D eigenvalue weighted by Gasteiger charge is -2.34. The molecule has 0 atom stereocenters. The lowest BCUT2D eigenvalue weighted by molar-refractivity contribution is 0.185. The normalized spacial score (nSPS) is 23.2. The summed E-state index contributed by atoms with van der Waals surface area (Å²) in [5.41, 5.74) is 0. The van der Waals surface area contributed by atoms with Gasteiger partial charge in [-0.2, -0.15) is 0 Å². The van der Waals surface area contributed by atoms with Crippen LogP contribution < -0.4 is 5.32 Å². The molecule has 0 aliphatic heterocycles. The molecule has 0 aromatic heterocycles. The Morgan fingerprint density at radius 2 is 1.95 bits per heavy atom. The number of nitrogens with one attached hydrogen (secondary N) is 1. The molecule has 20 heavy (non-hydrogen) atoms. The second-order valence-electron chi connectivity index (χ2n) is 5.55. The van der Waals surface area contributed by atoms with Gasteiger partial charge in [-0.3, -0.25) is 0 Å². The highest BCUT2D eigenvalue weighted by Crippen LogP contribution is 2.24. The van der Waals surface area contributed by atoms with E-state index in [9.17, 15) is 4.39 Å². The molecule has 0 amide bonds. The molecule has 1 aliphatic rings. The van der Waals surface area contributed by atoms with Gasteiger partial charge in [-0.05, 0) is 51.9 Å². The fourth-order valence-electron chi connectivity index (χ4n) is 2.85. The van der Waals surface area contributed by atoms with E-state index >= 15 is 0 Å².